The van der Waals surface area contributed by atoms with Gasteiger partial charge in [-0.15, -0.1) is 10.1 Å². The third kappa shape index (κ3) is 7.95. The van der Waals surface area contributed by atoms with Crippen molar-refractivity contribution in [3.8, 4) is 17.2 Å². The second kappa shape index (κ2) is 13.6. The lowest BCUT2D eigenvalue weighted by Gasteiger charge is -2.15. The van der Waals surface area contributed by atoms with Gasteiger partial charge in [0.1, 0.15) is 5.75 Å². The summed E-state index contributed by atoms with van der Waals surface area (Å²) in [5.41, 5.74) is 1.45. The van der Waals surface area contributed by atoms with Gasteiger partial charge in [0, 0.05) is 6.08 Å². The van der Waals surface area contributed by atoms with Gasteiger partial charge in [0.05, 0.1) is 33.4 Å². The Kier molecular flexibility index (Phi) is 10.0. The van der Waals surface area contributed by atoms with E-state index in [0.29, 0.717) is 24.2 Å². The Labute approximate surface area is 219 Å². The summed E-state index contributed by atoms with van der Waals surface area (Å²) in [5, 5.41) is 11.2. The van der Waals surface area contributed by atoms with Gasteiger partial charge in [-0.25, -0.2) is 4.79 Å². The molecule has 0 aromatic heterocycles. The summed E-state index contributed by atoms with van der Waals surface area (Å²) in [7, 11) is 3.07. The van der Waals surface area contributed by atoms with E-state index in [-0.39, 0.29) is 19.0 Å². The highest BCUT2D eigenvalue weighted by Crippen LogP contribution is 2.31. The second-order valence-electron chi connectivity index (χ2n) is 8.29. The molecule has 0 amide bonds. The highest BCUT2D eigenvalue weighted by Gasteiger charge is 2.20. The zero-order chi connectivity index (χ0) is 27.5. The van der Waals surface area contributed by atoms with Crippen LogP contribution in [0.5, 0.6) is 17.2 Å². The molecule has 0 fully saturated rings. The van der Waals surface area contributed by atoms with Crippen molar-refractivity contribution in [3.63, 3.8) is 0 Å². The predicted molar refractivity (Wildman–Crippen MR) is 140 cm³/mol. The Morgan fingerprint density at radius 2 is 1.66 bits per heavy atom. The maximum Gasteiger partial charge on any atom is 0.330 e. The second-order valence-corrected chi connectivity index (χ2v) is 8.29. The largest absolute Gasteiger partial charge is 0.497 e. The van der Waals surface area contributed by atoms with Crippen molar-refractivity contribution in [1.29, 1.82) is 0 Å². The lowest BCUT2D eigenvalue weighted by Crippen LogP contribution is -2.16. The van der Waals surface area contributed by atoms with E-state index in [1.54, 1.807) is 38.3 Å². The van der Waals surface area contributed by atoms with Gasteiger partial charge in [-0.1, -0.05) is 30.3 Å². The molecule has 0 aliphatic rings. The first kappa shape index (κ1) is 28.0. The molecule has 10 heteroatoms. The summed E-state index contributed by atoms with van der Waals surface area (Å²) >= 11 is 0. The van der Waals surface area contributed by atoms with Crippen LogP contribution < -0.4 is 14.2 Å². The smallest absolute Gasteiger partial charge is 0.330 e. The molecule has 0 bridgehead atoms. The molecule has 3 aromatic rings. The van der Waals surface area contributed by atoms with Crippen LogP contribution in [-0.4, -0.2) is 44.5 Å². The van der Waals surface area contributed by atoms with Gasteiger partial charge in [-0.3, -0.25) is 4.79 Å². The molecule has 0 N–H and O–H groups in total. The number of rotatable bonds is 13. The van der Waals surface area contributed by atoms with Gasteiger partial charge in [0.2, 0.25) is 0 Å². The van der Waals surface area contributed by atoms with Crippen LogP contribution in [0.4, 0.5) is 0 Å². The van der Waals surface area contributed by atoms with Gasteiger partial charge in [0.25, 0.3) is 5.09 Å². The van der Waals surface area contributed by atoms with E-state index in [9.17, 15) is 19.7 Å². The number of ether oxygens (including phenoxy) is 4. The van der Waals surface area contributed by atoms with E-state index in [2.05, 4.69) is 4.84 Å². The van der Waals surface area contributed by atoms with Crippen molar-refractivity contribution in [2.75, 3.05) is 27.4 Å². The fourth-order valence-electron chi connectivity index (χ4n) is 3.57. The number of hydrogen-bond acceptors (Lipinski definition) is 9. The number of esters is 2. The molecule has 0 heterocycles. The number of fused-ring (bicyclic) bond motifs is 1. The number of nitrogens with zero attached hydrogens (tertiary/aromatic N) is 1. The molecule has 0 saturated carbocycles. The SMILES string of the molecule is COc1ccc2cc(C(C)C(=O)Oc3ccc(/C=C/C(=O)OCCCCO[N+](=O)[O-])cc3OC)ccc2c1. The molecule has 0 aliphatic carbocycles. The van der Waals surface area contributed by atoms with Crippen LogP contribution in [0.2, 0.25) is 0 Å². The monoisotopic (exact) mass is 523 g/mol. The van der Waals surface area contributed by atoms with Crippen molar-refractivity contribution in [1.82, 2.24) is 0 Å². The van der Waals surface area contributed by atoms with Crippen LogP contribution >= 0.6 is 0 Å². The van der Waals surface area contributed by atoms with Crippen molar-refractivity contribution in [2.45, 2.75) is 25.7 Å². The lowest BCUT2D eigenvalue weighted by atomic mass is 9.98. The first-order valence-corrected chi connectivity index (χ1v) is 11.9. The normalized spacial score (nSPS) is 11.7. The maximum absolute atomic E-state index is 12.9. The number of carbonyl (C=O) groups is 2. The molecular weight excluding hydrogens is 494 g/mol. The Balaban J connectivity index is 1.58. The Morgan fingerprint density at radius 1 is 0.921 bits per heavy atom. The Hall–Kier alpha value is -4.60. The quantitative estimate of drug-likeness (QED) is 0.0750. The molecule has 10 nitrogen and oxygen atoms in total. The molecule has 1 unspecified atom stereocenters. The minimum Gasteiger partial charge on any atom is -0.497 e. The molecule has 38 heavy (non-hydrogen) atoms. The number of hydrogen-bond donors (Lipinski definition) is 0. The van der Waals surface area contributed by atoms with E-state index in [1.165, 1.54) is 13.2 Å². The average Bonchev–Trinajstić information content (AvgIpc) is 2.92. The van der Waals surface area contributed by atoms with Crippen LogP contribution in [0.25, 0.3) is 16.8 Å². The van der Waals surface area contributed by atoms with E-state index in [1.807, 2.05) is 36.4 Å². The molecule has 0 saturated heterocycles. The summed E-state index contributed by atoms with van der Waals surface area (Å²) in [6.45, 7) is 1.84. The van der Waals surface area contributed by atoms with E-state index in [4.69, 9.17) is 18.9 Å². The fraction of sp³-hybridized carbons (Fsp3) is 0.286. The van der Waals surface area contributed by atoms with Crippen molar-refractivity contribution in [3.05, 3.63) is 81.9 Å². The third-order valence-electron chi connectivity index (χ3n) is 5.71. The van der Waals surface area contributed by atoms with Crippen LogP contribution in [0.3, 0.4) is 0 Å². The van der Waals surface area contributed by atoms with E-state index in [0.717, 1.165) is 22.1 Å². The van der Waals surface area contributed by atoms with Crippen molar-refractivity contribution in [2.24, 2.45) is 0 Å². The summed E-state index contributed by atoms with van der Waals surface area (Å²) in [6, 6.07) is 16.4. The van der Waals surface area contributed by atoms with E-state index >= 15 is 0 Å². The number of unbranched alkanes of at least 4 members (excludes halogenated alkanes) is 1. The molecule has 0 radical (unpaired) electrons. The predicted octanol–water partition coefficient (Wildman–Crippen LogP) is 5.11. The fourth-order valence-corrected chi connectivity index (χ4v) is 3.57. The average molecular weight is 524 g/mol. The Bertz CT molecular complexity index is 1320. The summed E-state index contributed by atoms with van der Waals surface area (Å²) in [6.07, 6.45) is 3.63. The minimum atomic E-state index is -0.862. The van der Waals surface area contributed by atoms with Crippen LogP contribution in [0.1, 0.15) is 36.8 Å². The standard InChI is InChI=1S/C28H29NO9/c1-19(21-8-9-23-18-24(34-2)11-10-22(23)17-21)28(31)38-25-12-6-20(16-26(25)35-3)7-13-27(30)36-14-4-5-15-37-29(32)33/h6-13,16-19H,4-5,14-15H2,1-3H3/b13-7+. The first-order chi connectivity index (χ1) is 18.3. The third-order valence-corrected chi connectivity index (χ3v) is 5.71. The number of methoxy groups -OCH3 is 2. The van der Waals surface area contributed by atoms with Gasteiger partial charge < -0.3 is 23.8 Å². The molecule has 3 aromatic carbocycles. The van der Waals surface area contributed by atoms with Gasteiger partial charge in [0.15, 0.2) is 11.5 Å². The topological polar surface area (TPSA) is 123 Å². The first-order valence-electron chi connectivity index (χ1n) is 11.9. The van der Waals surface area contributed by atoms with Crippen LogP contribution in [0.15, 0.2) is 60.7 Å². The Morgan fingerprint density at radius 3 is 2.39 bits per heavy atom. The van der Waals surface area contributed by atoms with Crippen LogP contribution in [-0.2, 0) is 19.2 Å². The zero-order valence-electron chi connectivity index (χ0n) is 21.4. The van der Waals surface area contributed by atoms with Gasteiger partial charge >= 0.3 is 11.9 Å². The van der Waals surface area contributed by atoms with Crippen molar-refractivity contribution >= 4 is 28.8 Å². The highest BCUT2D eigenvalue weighted by atomic mass is 16.9. The minimum absolute atomic E-state index is 0.0478. The summed E-state index contributed by atoms with van der Waals surface area (Å²) < 4.78 is 21.3. The molecule has 1 atom stereocenters. The lowest BCUT2D eigenvalue weighted by molar-refractivity contribution is -0.757. The molecule has 0 spiro atoms. The summed E-state index contributed by atoms with van der Waals surface area (Å²) in [5.74, 6) is -0.169. The maximum atomic E-state index is 12.9. The van der Waals surface area contributed by atoms with E-state index < -0.39 is 22.9 Å². The summed E-state index contributed by atoms with van der Waals surface area (Å²) in [4.78, 5) is 39.1. The molecule has 3 rings (SSSR count). The van der Waals surface area contributed by atoms with Gasteiger partial charge in [-0.2, -0.15) is 0 Å². The zero-order valence-corrected chi connectivity index (χ0v) is 21.4. The molecular formula is C28H29NO9. The number of benzene rings is 3. The van der Waals surface area contributed by atoms with Crippen molar-refractivity contribution < 1.29 is 38.5 Å². The number of carbonyl (C=O) groups excluding carboxylic acids is 2. The van der Waals surface area contributed by atoms with Gasteiger partial charge in [-0.05, 0) is 72.0 Å². The molecule has 200 valence electrons. The highest BCUT2D eigenvalue weighted by molar-refractivity contribution is 5.88. The van der Waals surface area contributed by atoms with Crippen LogP contribution in [0, 0.1) is 10.1 Å². The molecule has 0 aliphatic heterocycles.